The van der Waals surface area contributed by atoms with Crippen molar-refractivity contribution < 1.29 is 62.2 Å². The lowest BCUT2D eigenvalue weighted by Crippen LogP contribution is -2.25. The first kappa shape index (κ1) is 34.3. The zero-order valence-corrected chi connectivity index (χ0v) is 21.9. The minimum atomic E-state index is -5.39. The summed E-state index contributed by atoms with van der Waals surface area (Å²) in [5, 5.41) is 0. The van der Waals surface area contributed by atoms with Gasteiger partial charge in [-0.25, -0.2) is 0 Å². The molecule has 0 aliphatic rings. The minimum Gasteiger partial charge on any atom is -0.452 e. The van der Waals surface area contributed by atoms with Crippen LogP contribution in [0.3, 0.4) is 0 Å². The molecule has 230 valence electrons. The third-order valence-corrected chi connectivity index (χ3v) is 6.55. The van der Waals surface area contributed by atoms with Gasteiger partial charge in [0, 0.05) is 0 Å². The molecule has 0 N–H and O–H groups in total. The van der Waals surface area contributed by atoms with Crippen LogP contribution >= 0.6 is 0 Å². The van der Waals surface area contributed by atoms with Crippen LogP contribution in [-0.4, -0.2) is 5.97 Å². The van der Waals surface area contributed by atoms with E-state index in [9.17, 15) is 57.5 Å². The van der Waals surface area contributed by atoms with E-state index < -0.39 is 82.0 Å². The number of hydrogen-bond donors (Lipinski definition) is 0. The van der Waals surface area contributed by atoms with Crippen LogP contribution in [0.5, 0.6) is 0 Å². The molecule has 0 radical (unpaired) electrons. The first-order valence-electron chi connectivity index (χ1n) is 12.3. The molecule has 2 rings (SSSR count). The number of rotatable bonds is 9. The second kappa shape index (κ2) is 12.5. The van der Waals surface area contributed by atoms with E-state index >= 15 is 0 Å². The van der Waals surface area contributed by atoms with E-state index in [1.807, 2.05) is 6.92 Å². The molecule has 0 aromatic heterocycles. The molecule has 2 nitrogen and oxygen atoms in total. The van der Waals surface area contributed by atoms with Crippen LogP contribution in [0.25, 0.3) is 0 Å². The van der Waals surface area contributed by atoms with E-state index in [0.717, 1.165) is 12.8 Å². The molecule has 14 heteroatoms. The van der Waals surface area contributed by atoms with Crippen molar-refractivity contribution in [3.8, 4) is 0 Å². The Hall–Kier alpha value is -2.93. The highest BCUT2D eigenvalue weighted by Gasteiger charge is 2.41. The summed E-state index contributed by atoms with van der Waals surface area (Å²) >= 11 is 0. The first-order chi connectivity index (χ1) is 18.6. The fourth-order valence-electron chi connectivity index (χ4n) is 4.01. The Bertz CT molecular complexity index is 1050. The maximum atomic E-state index is 13.5. The Labute approximate surface area is 227 Å². The second-order valence-corrected chi connectivity index (χ2v) is 9.76. The maximum Gasteiger partial charge on any atom is 0.416 e. The van der Waals surface area contributed by atoms with E-state index in [2.05, 4.69) is 0 Å². The number of unbranched alkanes of at least 4 members (excludes halogenated alkanes) is 2. The maximum absolute atomic E-state index is 13.5. The highest BCUT2D eigenvalue weighted by Crippen LogP contribution is 2.43. The average Bonchev–Trinajstić information content (AvgIpc) is 2.84. The number of esters is 1. The number of ether oxygens (including phenoxy) is 1. The zero-order chi connectivity index (χ0) is 31.6. The van der Waals surface area contributed by atoms with Gasteiger partial charge in [0.15, 0.2) is 6.10 Å². The van der Waals surface area contributed by atoms with Gasteiger partial charge in [-0.3, -0.25) is 4.79 Å². The third-order valence-electron chi connectivity index (χ3n) is 6.55. The monoisotopic (exact) mass is 610 g/mol. The van der Waals surface area contributed by atoms with Gasteiger partial charge in [-0.1, -0.05) is 40.0 Å². The van der Waals surface area contributed by atoms with Gasteiger partial charge in [0.25, 0.3) is 0 Å². The summed E-state index contributed by atoms with van der Waals surface area (Å²) in [6.45, 7) is 4.84. The lowest BCUT2D eigenvalue weighted by Gasteiger charge is -2.26. The molecule has 41 heavy (non-hydrogen) atoms. The van der Waals surface area contributed by atoms with Crippen molar-refractivity contribution in [1.82, 2.24) is 0 Å². The van der Waals surface area contributed by atoms with E-state index in [-0.39, 0.29) is 36.4 Å². The van der Waals surface area contributed by atoms with Crippen molar-refractivity contribution in [2.24, 2.45) is 11.8 Å². The second-order valence-electron chi connectivity index (χ2n) is 9.76. The summed E-state index contributed by atoms with van der Waals surface area (Å²) in [5.74, 6) is -2.71. The normalized spacial score (nSPS) is 14.7. The van der Waals surface area contributed by atoms with Crippen molar-refractivity contribution in [2.45, 2.75) is 77.3 Å². The van der Waals surface area contributed by atoms with Gasteiger partial charge in [-0.15, -0.1) is 0 Å². The van der Waals surface area contributed by atoms with Gasteiger partial charge in [-0.2, -0.15) is 52.7 Å². The summed E-state index contributed by atoms with van der Waals surface area (Å²) in [7, 11) is 0. The largest absolute Gasteiger partial charge is 0.452 e. The summed E-state index contributed by atoms with van der Waals surface area (Å²) in [6, 6.07) is -0.166. The highest BCUT2D eigenvalue weighted by atomic mass is 19.4. The fourth-order valence-corrected chi connectivity index (χ4v) is 4.01. The fraction of sp³-hybridized carbons (Fsp3) is 0.519. The van der Waals surface area contributed by atoms with Crippen LogP contribution in [0.15, 0.2) is 36.4 Å². The molecule has 0 fully saturated rings. The lowest BCUT2D eigenvalue weighted by atomic mass is 9.90. The average molecular weight is 610 g/mol. The molecule has 0 heterocycles. The number of halogens is 12. The number of benzene rings is 2. The van der Waals surface area contributed by atoms with Crippen molar-refractivity contribution >= 4 is 5.97 Å². The van der Waals surface area contributed by atoms with Gasteiger partial charge < -0.3 is 4.74 Å². The van der Waals surface area contributed by atoms with Gasteiger partial charge in [0.2, 0.25) is 0 Å². The van der Waals surface area contributed by atoms with E-state index in [1.54, 1.807) is 6.92 Å². The van der Waals surface area contributed by atoms with Crippen LogP contribution in [0.2, 0.25) is 0 Å². The van der Waals surface area contributed by atoms with Crippen molar-refractivity contribution in [1.29, 1.82) is 0 Å². The summed E-state index contributed by atoms with van der Waals surface area (Å²) < 4.78 is 167. The van der Waals surface area contributed by atoms with Crippen molar-refractivity contribution in [3.05, 3.63) is 69.8 Å². The Kier molecular flexibility index (Phi) is 10.5. The number of carbonyl (C=O) groups is 1. The number of hydrogen-bond acceptors (Lipinski definition) is 2. The van der Waals surface area contributed by atoms with E-state index in [4.69, 9.17) is 4.74 Å². The Morgan fingerprint density at radius 2 is 0.976 bits per heavy atom. The summed E-state index contributed by atoms with van der Waals surface area (Å²) in [5.41, 5.74) is -9.81. The predicted octanol–water partition coefficient (Wildman–Crippen LogP) is 10.2. The molecule has 2 unspecified atom stereocenters. The van der Waals surface area contributed by atoms with Gasteiger partial charge in [0.05, 0.1) is 28.2 Å². The van der Waals surface area contributed by atoms with Crippen molar-refractivity contribution in [2.75, 3.05) is 0 Å². The van der Waals surface area contributed by atoms with Crippen LogP contribution in [0.4, 0.5) is 52.7 Å². The number of carbonyl (C=O) groups excluding carboxylic acids is 1. The van der Waals surface area contributed by atoms with Crippen molar-refractivity contribution in [3.63, 3.8) is 0 Å². The third kappa shape index (κ3) is 9.29. The van der Waals surface area contributed by atoms with Crippen LogP contribution < -0.4 is 0 Å². The molecular weight excluding hydrogens is 584 g/mol. The molecular formula is C27H26F12O2. The Morgan fingerprint density at radius 1 is 0.634 bits per heavy atom. The van der Waals surface area contributed by atoms with E-state index in [1.165, 1.54) is 6.92 Å². The van der Waals surface area contributed by atoms with E-state index in [0.29, 0.717) is 12.8 Å². The van der Waals surface area contributed by atoms with Crippen LogP contribution in [-0.2, 0) is 34.2 Å². The topological polar surface area (TPSA) is 26.3 Å². The quantitative estimate of drug-likeness (QED) is 0.161. The molecule has 0 aliphatic heterocycles. The zero-order valence-electron chi connectivity index (χ0n) is 21.9. The first-order valence-corrected chi connectivity index (χ1v) is 12.3. The molecule has 0 spiro atoms. The molecule has 0 bridgehead atoms. The Balaban J connectivity index is 2.80. The molecule has 0 amide bonds. The van der Waals surface area contributed by atoms with Gasteiger partial charge in [0.1, 0.15) is 0 Å². The van der Waals surface area contributed by atoms with Gasteiger partial charge in [-0.05, 0) is 59.9 Å². The highest BCUT2D eigenvalue weighted by molar-refractivity contribution is 5.73. The molecule has 2 atom stereocenters. The summed E-state index contributed by atoms with van der Waals surface area (Å²) in [4.78, 5) is 13.0. The molecule has 2 aromatic carbocycles. The predicted molar refractivity (Wildman–Crippen MR) is 123 cm³/mol. The molecule has 0 aliphatic carbocycles. The van der Waals surface area contributed by atoms with Crippen LogP contribution in [0.1, 0.15) is 85.9 Å². The lowest BCUT2D eigenvalue weighted by molar-refractivity contribution is -0.153. The SMILES string of the molecule is CCCCCC(C)C(C)C(=O)OC(c1cc(C(F)(F)F)cc(C(F)(F)F)c1)c1cc(C(F)(F)F)cc(C(F)(F)F)c1. The standard InChI is InChI=1S/C27H26F12O2/c1-4-5-6-7-14(2)15(3)23(40)41-22(16-8-18(24(28,29)30)12-19(9-16)25(31,32)33)17-10-20(26(34,35)36)13-21(11-17)27(37,38)39/h8-15,22H,4-7H2,1-3H3. The minimum absolute atomic E-state index is 0.0933. The molecule has 2 aromatic rings. The Morgan fingerprint density at radius 3 is 1.27 bits per heavy atom. The molecule has 0 saturated heterocycles. The number of alkyl halides is 12. The summed E-state index contributed by atoms with van der Waals surface area (Å²) in [6.07, 6.45) is -21.3. The molecule has 0 saturated carbocycles. The smallest absolute Gasteiger partial charge is 0.416 e. The van der Waals surface area contributed by atoms with Gasteiger partial charge >= 0.3 is 30.7 Å². The van der Waals surface area contributed by atoms with Crippen LogP contribution in [0, 0.1) is 11.8 Å².